The van der Waals surface area contributed by atoms with Gasteiger partial charge < -0.3 is 9.64 Å². The zero-order valence-electron chi connectivity index (χ0n) is 25.4. The number of nitrogens with zero attached hydrogens (tertiary/aromatic N) is 4. The van der Waals surface area contributed by atoms with Crippen molar-refractivity contribution in [1.29, 1.82) is 5.26 Å². The fourth-order valence-corrected chi connectivity index (χ4v) is 6.89. The van der Waals surface area contributed by atoms with Crippen LogP contribution in [0.15, 0.2) is 66.7 Å². The van der Waals surface area contributed by atoms with Gasteiger partial charge in [-0.25, -0.2) is 4.39 Å². The Morgan fingerprint density at radius 2 is 1.67 bits per heavy atom. The molecule has 232 valence electrons. The first-order valence-corrected chi connectivity index (χ1v) is 15.4. The maximum Gasteiger partial charge on any atom is 0.259 e. The van der Waals surface area contributed by atoms with Gasteiger partial charge in [0, 0.05) is 50.6 Å². The Labute approximate surface area is 265 Å². The van der Waals surface area contributed by atoms with Gasteiger partial charge in [-0.1, -0.05) is 30.3 Å². The summed E-state index contributed by atoms with van der Waals surface area (Å²) < 4.78 is 20.4. The normalized spacial score (nSPS) is 18.2. The van der Waals surface area contributed by atoms with Gasteiger partial charge in [0.1, 0.15) is 17.6 Å². The fourth-order valence-electron chi connectivity index (χ4n) is 6.89. The molecule has 0 aromatic heterocycles. The topological polar surface area (TPSA) is 106 Å². The molecule has 0 saturated carbocycles. The Morgan fingerprint density at radius 3 is 2.39 bits per heavy atom. The van der Waals surface area contributed by atoms with Crippen LogP contribution >= 0.6 is 0 Å². The Hall–Kier alpha value is -5.27. The average molecular weight is 618 g/mol. The first-order valence-electron chi connectivity index (χ1n) is 15.4. The van der Waals surface area contributed by atoms with Crippen LogP contribution in [0.4, 0.5) is 15.8 Å². The number of rotatable bonds is 7. The standard InChI is InChI=1S/C36H32FN5O4/c1-46-32-17-24(20-38)6-8-29(32)41-14-12-40(13-15-41)21-23-4-2-22(3-5-23)16-25-7-9-30-34-27(25)18-26(37)19-28(34)36(45)42(30)31-10-11-33(43)39-35(31)44/h2-9,17-19,31H,10-16,21H2,1H3,(H,39,43,44). The van der Waals surface area contributed by atoms with E-state index in [9.17, 15) is 24.0 Å². The van der Waals surface area contributed by atoms with Gasteiger partial charge in [-0.3, -0.25) is 29.5 Å². The number of amides is 3. The number of hydrogen-bond acceptors (Lipinski definition) is 7. The van der Waals surface area contributed by atoms with E-state index in [-0.39, 0.29) is 24.3 Å². The lowest BCUT2D eigenvalue weighted by molar-refractivity contribution is -0.134. The van der Waals surface area contributed by atoms with Gasteiger partial charge in [-0.05, 0) is 65.3 Å². The molecule has 4 aromatic rings. The molecule has 3 aliphatic heterocycles. The minimum atomic E-state index is -0.816. The van der Waals surface area contributed by atoms with Gasteiger partial charge in [0.2, 0.25) is 11.8 Å². The molecule has 10 heteroatoms. The molecule has 3 aliphatic rings. The molecule has 0 radical (unpaired) electrons. The smallest absolute Gasteiger partial charge is 0.259 e. The lowest BCUT2D eigenvalue weighted by Crippen LogP contribution is -2.53. The lowest BCUT2D eigenvalue weighted by Gasteiger charge is -2.36. The molecule has 0 aliphatic carbocycles. The second-order valence-electron chi connectivity index (χ2n) is 12.0. The number of halogens is 1. The quantitative estimate of drug-likeness (QED) is 0.304. The minimum Gasteiger partial charge on any atom is -0.495 e. The van der Waals surface area contributed by atoms with Crippen molar-refractivity contribution in [2.75, 3.05) is 43.1 Å². The Bertz CT molecular complexity index is 1930. The SMILES string of the molecule is COc1cc(C#N)ccc1N1CCN(Cc2ccc(Cc3ccc4c5c(cc(F)cc35)C(=O)N4C3CCC(=O)NC3=O)cc2)CC1. The van der Waals surface area contributed by atoms with Crippen LogP contribution in [0.1, 0.15) is 45.5 Å². The summed E-state index contributed by atoms with van der Waals surface area (Å²) in [6.45, 7) is 4.32. The van der Waals surface area contributed by atoms with Crippen LogP contribution in [0.5, 0.6) is 5.75 Å². The van der Waals surface area contributed by atoms with E-state index >= 15 is 0 Å². The number of carbonyl (C=O) groups excluding carboxylic acids is 3. The van der Waals surface area contributed by atoms with Gasteiger partial charge in [-0.15, -0.1) is 0 Å². The predicted octanol–water partition coefficient (Wildman–Crippen LogP) is 4.54. The van der Waals surface area contributed by atoms with Crippen molar-refractivity contribution >= 4 is 39.9 Å². The van der Waals surface area contributed by atoms with Gasteiger partial charge in [-0.2, -0.15) is 5.26 Å². The maximum atomic E-state index is 14.8. The van der Waals surface area contributed by atoms with Crippen molar-refractivity contribution in [1.82, 2.24) is 10.2 Å². The van der Waals surface area contributed by atoms with Crippen LogP contribution < -0.4 is 19.9 Å². The molecule has 0 bridgehead atoms. The Balaban J connectivity index is 1.04. The number of benzene rings is 4. The first-order chi connectivity index (χ1) is 22.3. The number of piperidine rings is 1. The molecule has 1 N–H and O–H groups in total. The zero-order valence-corrected chi connectivity index (χ0v) is 25.4. The highest BCUT2D eigenvalue weighted by atomic mass is 19.1. The number of anilines is 2. The molecule has 0 spiro atoms. The van der Waals surface area contributed by atoms with E-state index in [1.54, 1.807) is 13.2 Å². The van der Waals surface area contributed by atoms with Crippen LogP contribution in [0, 0.1) is 17.1 Å². The second kappa shape index (κ2) is 11.9. The highest BCUT2D eigenvalue weighted by molar-refractivity contribution is 6.27. The van der Waals surface area contributed by atoms with E-state index in [1.807, 2.05) is 24.3 Å². The van der Waals surface area contributed by atoms with Crippen molar-refractivity contribution in [2.24, 2.45) is 0 Å². The number of piperazine rings is 1. The third-order valence-corrected chi connectivity index (χ3v) is 9.22. The van der Waals surface area contributed by atoms with Crippen molar-refractivity contribution in [3.8, 4) is 11.8 Å². The molecule has 3 amide bonds. The molecule has 1 atom stereocenters. The summed E-state index contributed by atoms with van der Waals surface area (Å²) in [5.74, 6) is -1.08. The monoisotopic (exact) mass is 617 g/mol. The summed E-state index contributed by atoms with van der Waals surface area (Å²) in [5, 5.41) is 12.8. The maximum absolute atomic E-state index is 14.8. The van der Waals surface area contributed by atoms with Crippen LogP contribution in [0.3, 0.4) is 0 Å². The number of methoxy groups -OCH3 is 1. The van der Waals surface area contributed by atoms with Crippen LogP contribution in [-0.2, 0) is 22.6 Å². The van der Waals surface area contributed by atoms with Crippen LogP contribution in [0.25, 0.3) is 10.8 Å². The summed E-state index contributed by atoms with van der Waals surface area (Å²) in [6, 6.07) is 21.7. The number of carbonyl (C=O) groups is 3. The molecule has 2 saturated heterocycles. The highest BCUT2D eigenvalue weighted by Gasteiger charge is 2.41. The van der Waals surface area contributed by atoms with Crippen molar-refractivity contribution in [3.05, 3.63) is 100 Å². The van der Waals surface area contributed by atoms with E-state index in [0.29, 0.717) is 34.2 Å². The summed E-state index contributed by atoms with van der Waals surface area (Å²) >= 11 is 0. The number of imide groups is 1. The summed E-state index contributed by atoms with van der Waals surface area (Å²) in [5.41, 5.74) is 5.54. The molecule has 3 heterocycles. The molecular weight excluding hydrogens is 585 g/mol. The number of nitriles is 1. The van der Waals surface area contributed by atoms with E-state index < -0.39 is 23.7 Å². The first kappa shape index (κ1) is 29.4. The number of ether oxygens (including phenoxy) is 1. The molecule has 46 heavy (non-hydrogen) atoms. The fraction of sp³-hybridized carbons (Fsp3) is 0.278. The zero-order chi connectivity index (χ0) is 31.9. The molecule has 1 unspecified atom stereocenters. The average Bonchev–Trinajstić information content (AvgIpc) is 3.34. The van der Waals surface area contributed by atoms with E-state index in [0.717, 1.165) is 49.5 Å². The van der Waals surface area contributed by atoms with E-state index in [1.165, 1.54) is 22.6 Å². The van der Waals surface area contributed by atoms with Crippen LogP contribution in [-0.4, -0.2) is 62.0 Å². The number of nitrogens with one attached hydrogen (secondary N) is 1. The van der Waals surface area contributed by atoms with Gasteiger partial charge in [0.05, 0.1) is 35.7 Å². The predicted molar refractivity (Wildman–Crippen MR) is 171 cm³/mol. The lowest BCUT2D eigenvalue weighted by atomic mass is 9.95. The second-order valence-corrected chi connectivity index (χ2v) is 12.0. The molecule has 2 fully saturated rings. The van der Waals surface area contributed by atoms with Crippen LogP contribution in [0.2, 0.25) is 0 Å². The minimum absolute atomic E-state index is 0.145. The van der Waals surface area contributed by atoms with E-state index in [4.69, 9.17) is 4.74 Å². The van der Waals surface area contributed by atoms with Crippen molar-refractivity contribution in [2.45, 2.75) is 31.8 Å². The van der Waals surface area contributed by atoms with E-state index in [2.05, 4.69) is 45.5 Å². The Kier molecular flexibility index (Phi) is 7.62. The summed E-state index contributed by atoms with van der Waals surface area (Å²) in [6.07, 6.45) is 0.924. The van der Waals surface area contributed by atoms with Gasteiger partial charge in [0.25, 0.3) is 5.91 Å². The van der Waals surface area contributed by atoms with Crippen molar-refractivity contribution < 1.29 is 23.5 Å². The molecular formula is C36H32FN5O4. The molecule has 7 rings (SSSR count). The molecule has 9 nitrogen and oxygen atoms in total. The highest BCUT2D eigenvalue weighted by Crippen LogP contribution is 2.42. The largest absolute Gasteiger partial charge is 0.495 e. The number of hydrogen-bond donors (Lipinski definition) is 1. The third kappa shape index (κ3) is 5.33. The Morgan fingerprint density at radius 1 is 0.935 bits per heavy atom. The third-order valence-electron chi connectivity index (χ3n) is 9.22. The molecule has 4 aromatic carbocycles. The summed E-state index contributed by atoms with van der Waals surface area (Å²) in [7, 11) is 1.63. The van der Waals surface area contributed by atoms with Gasteiger partial charge in [0.15, 0.2) is 0 Å². The van der Waals surface area contributed by atoms with Crippen molar-refractivity contribution in [3.63, 3.8) is 0 Å². The summed E-state index contributed by atoms with van der Waals surface area (Å²) in [4.78, 5) is 43.9. The van der Waals surface area contributed by atoms with Gasteiger partial charge >= 0.3 is 0 Å².